The second kappa shape index (κ2) is 9.78. The SMILES string of the molecule is CC(C)c1cccc(C(C)C)c1[O][W][O]c1c(C(C)C)cccc1C(C)C. The van der Waals surface area contributed by atoms with Crippen LogP contribution >= 0.6 is 0 Å². The molecular formula is C24H34O2W. The van der Waals surface area contributed by atoms with Crippen molar-refractivity contribution in [1.82, 2.24) is 0 Å². The average Bonchev–Trinajstić information content (AvgIpc) is 2.61. The molecule has 0 radical (unpaired) electrons. The molecule has 0 N–H and O–H groups in total. The van der Waals surface area contributed by atoms with Gasteiger partial charge in [0.05, 0.1) is 0 Å². The van der Waals surface area contributed by atoms with Gasteiger partial charge >= 0.3 is 175 Å². The van der Waals surface area contributed by atoms with Gasteiger partial charge in [-0.2, -0.15) is 0 Å². The topological polar surface area (TPSA) is 18.5 Å². The third-order valence-electron chi connectivity index (χ3n) is 4.87. The average molecular weight is 538 g/mol. The van der Waals surface area contributed by atoms with E-state index >= 15 is 0 Å². The molecule has 0 aliphatic rings. The van der Waals surface area contributed by atoms with Crippen molar-refractivity contribution in [2.45, 2.75) is 79.1 Å². The van der Waals surface area contributed by atoms with Crippen LogP contribution < -0.4 is 6.78 Å². The summed E-state index contributed by atoms with van der Waals surface area (Å²) in [6.45, 7) is 17.8. The Hall–Kier alpha value is -1.27. The maximum absolute atomic E-state index is 6.41. The number of benzene rings is 2. The van der Waals surface area contributed by atoms with E-state index in [-0.39, 0.29) is 0 Å². The van der Waals surface area contributed by atoms with E-state index in [9.17, 15) is 0 Å². The van der Waals surface area contributed by atoms with Gasteiger partial charge in [0.15, 0.2) is 0 Å². The minimum atomic E-state index is -1.48. The summed E-state index contributed by atoms with van der Waals surface area (Å²) in [6, 6.07) is 13.0. The maximum atomic E-state index is 6.41. The van der Waals surface area contributed by atoms with Crippen LogP contribution in [0.1, 0.15) is 101 Å². The Morgan fingerprint density at radius 2 is 0.778 bits per heavy atom. The Balaban J connectivity index is 2.30. The van der Waals surface area contributed by atoms with Crippen molar-refractivity contribution in [2.24, 2.45) is 0 Å². The first-order valence-electron chi connectivity index (χ1n) is 10.0. The molecule has 0 atom stereocenters. The van der Waals surface area contributed by atoms with Crippen LogP contribution in [0.5, 0.6) is 11.5 Å². The molecule has 3 heteroatoms. The molecule has 0 saturated heterocycles. The van der Waals surface area contributed by atoms with E-state index in [2.05, 4.69) is 91.8 Å². The second-order valence-electron chi connectivity index (χ2n) is 8.38. The summed E-state index contributed by atoms with van der Waals surface area (Å²) in [5, 5.41) is 0. The normalized spacial score (nSPS) is 11.7. The van der Waals surface area contributed by atoms with Crippen molar-refractivity contribution >= 4 is 0 Å². The summed E-state index contributed by atoms with van der Waals surface area (Å²) in [5.41, 5.74) is 5.13. The van der Waals surface area contributed by atoms with Crippen molar-refractivity contribution in [3.63, 3.8) is 0 Å². The standard InChI is InChI=1S/2C12H18O.W/c2*1-8(2)10-6-5-7-11(9(3)4)12(10)13;/h2*5-9,13H,1-4H3;/q;;+2/p-2. The molecule has 0 unspecified atom stereocenters. The van der Waals surface area contributed by atoms with E-state index in [1.807, 2.05) is 0 Å². The molecule has 2 aromatic carbocycles. The van der Waals surface area contributed by atoms with Crippen molar-refractivity contribution in [3.05, 3.63) is 58.7 Å². The molecule has 2 rings (SSSR count). The van der Waals surface area contributed by atoms with Crippen molar-refractivity contribution in [3.8, 4) is 11.5 Å². The zero-order valence-electron chi connectivity index (χ0n) is 18.0. The van der Waals surface area contributed by atoms with Gasteiger partial charge in [-0.25, -0.2) is 0 Å². The van der Waals surface area contributed by atoms with Crippen molar-refractivity contribution < 1.29 is 26.1 Å². The van der Waals surface area contributed by atoms with E-state index in [0.717, 1.165) is 11.5 Å². The molecule has 0 fully saturated rings. The van der Waals surface area contributed by atoms with Gasteiger partial charge in [0, 0.05) is 0 Å². The van der Waals surface area contributed by atoms with Crippen LogP contribution in [0.3, 0.4) is 0 Å². The molecule has 0 heterocycles. The molecule has 0 aliphatic heterocycles. The predicted molar refractivity (Wildman–Crippen MR) is 110 cm³/mol. The summed E-state index contributed by atoms with van der Waals surface area (Å²) >= 11 is -1.48. The summed E-state index contributed by atoms with van der Waals surface area (Å²) < 4.78 is 12.8. The van der Waals surface area contributed by atoms with E-state index < -0.39 is 19.3 Å². The number of rotatable bonds is 8. The minimum absolute atomic E-state index is 0.437. The van der Waals surface area contributed by atoms with Gasteiger partial charge in [0.25, 0.3) is 0 Å². The summed E-state index contributed by atoms with van der Waals surface area (Å²) in [6.07, 6.45) is 0. The second-order valence-corrected chi connectivity index (χ2v) is 10.1. The molecule has 2 nitrogen and oxygen atoms in total. The Bertz CT molecular complexity index is 632. The monoisotopic (exact) mass is 538 g/mol. The van der Waals surface area contributed by atoms with Crippen LogP contribution in [0.15, 0.2) is 36.4 Å². The Labute approximate surface area is 175 Å². The van der Waals surface area contributed by atoms with Gasteiger partial charge in [-0.05, 0) is 0 Å². The fourth-order valence-electron chi connectivity index (χ4n) is 3.24. The third kappa shape index (κ3) is 5.38. The number of para-hydroxylation sites is 2. The zero-order chi connectivity index (χ0) is 20.1. The van der Waals surface area contributed by atoms with Gasteiger partial charge in [-0.1, -0.05) is 0 Å². The first-order chi connectivity index (χ1) is 12.7. The molecule has 0 aliphatic carbocycles. The van der Waals surface area contributed by atoms with Gasteiger partial charge in [-0.3, -0.25) is 0 Å². The Kier molecular flexibility index (Phi) is 7.98. The van der Waals surface area contributed by atoms with E-state index in [1.54, 1.807) is 0 Å². The first-order valence-corrected chi connectivity index (χ1v) is 12.4. The molecule has 0 bridgehead atoms. The predicted octanol–water partition coefficient (Wildman–Crippen LogP) is 7.55. The first kappa shape index (κ1) is 22.0. The third-order valence-corrected chi connectivity index (χ3v) is 6.56. The molecule has 0 aromatic heterocycles. The van der Waals surface area contributed by atoms with Gasteiger partial charge in [-0.15, -0.1) is 0 Å². The van der Waals surface area contributed by atoms with Crippen molar-refractivity contribution in [1.29, 1.82) is 0 Å². The summed E-state index contributed by atoms with van der Waals surface area (Å²) in [5.74, 6) is 3.86. The molecule has 0 spiro atoms. The van der Waals surface area contributed by atoms with Crippen LogP contribution in [0.25, 0.3) is 0 Å². The molecule has 0 amide bonds. The van der Waals surface area contributed by atoms with Gasteiger partial charge in [0.2, 0.25) is 0 Å². The Morgan fingerprint density at radius 1 is 0.519 bits per heavy atom. The van der Waals surface area contributed by atoms with Crippen molar-refractivity contribution in [2.75, 3.05) is 0 Å². The fraction of sp³-hybridized carbons (Fsp3) is 0.500. The molecule has 2 aromatic rings. The quantitative estimate of drug-likeness (QED) is 0.346. The summed E-state index contributed by atoms with van der Waals surface area (Å²) in [4.78, 5) is 0. The Morgan fingerprint density at radius 3 is 1.00 bits per heavy atom. The zero-order valence-corrected chi connectivity index (χ0v) is 20.9. The number of hydrogen-bond acceptors (Lipinski definition) is 2. The molecular weight excluding hydrogens is 504 g/mol. The van der Waals surface area contributed by atoms with Crippen LogP contribution in [-0.4, -0.2) is 0 Å². The molecule has 0 saturated carbocycles. The van der Waals surface area contributed by atoms with Crippen LogP contribution in [0.4, 0.5) is 0 Å². The van der Waals surface area contributed by atoms with Crippen LogP contribution in [0.2, 0.25) is 0 Å². The molecule has 148 valence electrons. The van der Waals surface area contributed by atoms with E-state index in [1.165, 1.54) is 22.3 Å². The number of hydrogen-bond donors (Lipinski definition) is 0. The van der Waals surface area contributed by atoms with Gasteiger partial charge in [0.1, 0.15) is 0 Å². The summed E-state index contributed by atoms with van der Waals surface area (Å²) in [7, 11) is 0. The van der Waals surface area contributed by atoms with Crippen LogP contribution in [0, 0.1) is 0 Å². The van der Waals surface area contributed by atoms with Gasteiger partial charge < -0.3 is 0 Å². The molecule has 27 heavy (non-hydrogen) atoms. The van der Waals surface area contributed by atoms with E-state index in [0.29, 0.717) is 23.7 Å². The van der Waals surface area contributed by atoms with Crippen LogP contribution in [-0.2, 0) is 19.3 Å². The fourth-order valence-corrected chi connectivity index (χ4v) is 5.24. The van der Waals surface area contributed by atoms with E-state index in [4.69, 9.17) is 6.78 Å².